The molecule has 1 atom stereocenters. The first-order valence-corrected chi connectivity index (χ1v) is 6.46. The molecule has 0 spiro atoms. The molecule has 0 heterocycles. The second-order valence-electron chi connectivity index (χ2n) is 3.49. The standard InChI is InChI=1S/C10H16N2O3S/c11-8-4-7-10(12-16(13,14)15)9-5-2-1-3-6-9/h1-3,5-6,10,12H,4,7-8,11H2,(H,13,14,15). The zero-order valence-corrected chi connectivity index (χ0v) is 9.65. The van der Waals surface area contributed by atoms with Gasteiger partial charge in [0, 0.05) is 6.04 Å². The second kappa shape index (κ2) is 5.95. The molecular weight excluding hydrogens is 228 g/mol. The molecule has 1 aromatic rings. The fraction of sp³-hybridized carbons (Fsp3) is 0.400. The lowest BCUT2D eigenvalue weighted by atomic mass is 10.0. The number of rotatable bonds is 6. The van der Waals surface area contributed by atoms with Crippen LogP contribution in [0.2, 0.25) is 0 Å². The number of benzene rings is 1. The highest BCUT2D eigenvalue weighted by molar-refractivity contribution is 7.83. The Morgan fingerprint density at radius 3 is 2.44 bits per heavy atom. The first-order valence-electron chi connectivity index (χ1n) is 5.02. The summed E-state index contributed by atoms with van der Waals surface area (Å²) in [6.45, 7) is 0.483. The van der Waals surface area contributed by atoms with Gasteiger partial charge in [-0.3, -0.25) is 4.55 Å². The van der Waals surface area contributed by atoms with E-state index in [1.165, 1.54) is 0 Å². The summed E-state index contributed by atoms with van der Waals surface area (Å²) in [4.78, 5) is 0. The highest BCUT2D eigenvalue weighted by Gasteiger charge is 2.16. The Morgan fingerprint density at radius 2 is 1.94 bits per heavy atom. The number of hydrogen-bond donors (Lipinski definition) is 3. The van der Waals surface area contributed by atoms with Crippen molar-refractivity contribution >= 4 is 10.3 Å². The second-order valence-corrected chi connectivity index (χ2v) is 4.67. The largest absolute Gasteiger partial charge is 0.333 e. The molecule has 0 aliphatic rings. The molecule has 0 amide bonds. The predicted molar refractivity (Wildman–Crippen MR) is 62.2 cm³/mol. The Kier molecular flexibility index (Phi) is 4.88. The maximum atomic E-state index is 10.8. The van der Waals surface area contributed by atoms with Gasteiger partial charge in [-0.05, 0) is 24.9 Å². The summed E-state index contributed by atoms with van der Waals surface area (Å²) < 4.78 is 32.5. The van der Waals surface area contributed by atoms with E-state index in [1.807, 2.05) is 18.2 Å². The fourth-order valence-corrected chi connectivity index (χ4v) is 2.09. The van der Waals surface area contributed by atoms with Crippen LogP contribution in [0.15, 0.2) is 30.3 Å². The third-order valence-corrected chi connectivity index (χ3v) is 2.77. The van der Waals surface area contributed by atoms with Crippen LogP contribution in [-0.2, 0) is 10.3 Å². The van der Waals surface area contributed by atoms with Crippen LogP contribution in [0, 0.1) is 0 Å². The van der Waals surface area contributed by atoms with Gasteiger partial charge in [0.15, 0.2) is 0 Å². The van der Waals surface area contributed by atoms with Crippen molar-refractivity contribution in [2.24, 2.45) is 5.73 Å². The summed E-state index contributed by atoms with van der Waals surface area (Å²) in [5.41, 5.74) is 6.19. The fourth-order valence-electron chi connectivity index (χ4n) is 1.48. The molecule has 0 fully saturated rings. The molecule has 0 saturated heterocycles. The maximum Gasteiger partial charge on any atom is 0.333 e. The van der Waals surface area contributed by atoms with Gasteiger partial charge < -0.3 is 5.73 Å². The third-order valence-electron chi connectivity index (χ3n) is 2.19. The number of nitrogens with two attached hydrogens (primary N) is 1. The van der Waals surface area contributed by atoms with Crippen LogP contribution in [0.25, 0.3) is 0 Å². The summed E-state index contributed by atoms with van der Waals surface area (Å²) in [5.74, 6) is 0. The van der Waals surface area contributed by atoms with Crippen LogP contribution in [0.3, 0.4) is 0 Å². The Hall–Kier alpha value is -0.950. The van der Waals surface area contributed by atoms with E-state index in [-0.39, 0.29) is 0 Å². The molecule has 1 unspecified atom stereocenters. The molecule has 16 heavy (non-hydrogen) atoms. The van der Waals surface area contributed by atoms with Gasteiger partial charge in [-0.25, -0.2) is 0 Å². The number of hydrogen-bond acceptors (Lipinski definition) is 3. The van der Waals surface area contributed by atoms with E-state index < -0.39 is 16.3 Å². The smallest absolute Gasteiger partial charge is 0.330 e. The van der Waals surface area contributed by atoms with E-state index in [1.54, 1.807) is 12.1 Å². The quantitative estimate of drug-likeness (QED) is 0.647. The minimum Gasteiger partial charge on any atom is -0.330 e. The molecule has 1 rings (SSSR count). The van der Waals surface area contributed by atoms with Gasteiger partial charge in [0.25, 0.3) is 0 Å². The Bertz CT molecular complexity index is 405. The van der Waals surface area contributed by atoms with Crippen molar-refractivity contribution in [3.8, 4) is 0 Å². The Morgan fingerprint density at radius 1 is 1.31 bits per heavy atom. The molecule has 0 aliphatic heterocycles. The van der Waals surface area contributed by atoms with Gasteiger partial charge in [-0.1, -0.05) is 30.3 Å². The van der Waals surface area contributed by atoms with Crippen molar-refractivity contribution < 1.29 is 13.0 Å². The molecule has 0 aliphatic carbocycles. The molecule has 1 aromatic carbocycles. The van der Waals surface area contributed by atoms with E-state index in [9.17, 15) is 8.42 Å². The van der Waals surface area contributed by atoms with Crippen molar-refractivity contribution in [3.63, 3.8) is 0 Å². The summed E-state index contributed by atoms with van der Waals surface area (Å²) in [7, 11) is -4.19. The van der Waals surface area contributed by atoms with Crippen LogP contribution in [0.5, 0.6) is 0 Å². The minimum atomic E-state index is -4.19. The molecule has 0 aromatic heterocycles. The topological polar surface area (TPSA) is 92.4 Å². The van der Waals surface area contributed by atoms with Crippen LogP contribution in [0.1, 0.15) is 24.4 Å². The van der Waals surface area contributed by atoms with E-state index in [2.05, 4.69) is 4.72 Å². The first-order chi connectivity index (χ1) is 7.53. The molecule has 0 radical (unpaired) electrons. The van der Waals surface area contributed by atoms with Gasteiger partial charge in [0.05, 0.1) is 0 Å². The van der Waals surface area contributed by atoms with Crippen molar-refractivity contribution in [1.29, 1.82) is 0 Å². The molecular formula is C10H16N2O3S. The minimum absolute atomic E-state index is 0.431. The normalized spacial score (nSPS) is 13.6. The van der Waals surface area contributed by atoms with E-state index in [0.717, 1.165) is 5.56 Å². The molecule has 0 saturated carbocycles. The number of nitrogens with one attached hydrogen (secondary N) is 1. The van der Waals surface area contributed by atoms with E-state index in [4.69, 9.17) is 10.3 Å². The van der Waals surface area contributed by atoms with Gasteiger partial charge in [-0.15, -0.1) is 0 Å². The average molecular weight is 244 g/mol. The zero-order chi connectivity index (χ0) is 12.0. The predicted octanol–water partition coefficient (Wildman–Crippen LogP) is 0.859. The molecule has 6 heteroatoms. The zero-order valence-electron chi connectivity index (χ0n) is 8.83. The third kappa shape index (κ3) is 4.71. The van der Waals surface area contributed by atoms with Crippen LogP contribution < -0.4 is 10.5 Å². The molecule has 4 N–H and O–H groups in total. The molecule has 90 valence electrons. The molecule has 0 bridgehead atoms. The SMILES string of the molecule is NCCCC(NS(=O)(=O)O)c1ccccc1. The van der Waals surface area contributed by atoms with E-state index >= 15 is 0 Å². The van der Waals surface area contributed by atoms with Crippen molar-refractivity contribution in [3.05, 3.63) is 35.9 Å². The van der Waals surface area contributed by atoms with Crippen molar-refractivity contribution in [2.75, 3.05) is 6.54 Å². The summed E-state index contributed by atoms with van der Waals surface area (Å²) >= 11 is 0. The first kappa shape index (κ1) is 13.1. The summed E-state index contributed by atoms with van der Waals surface area (Å²) in [5, 5.41) is 0. The van der Waals surface area contributed by atoms with Gasteiger partial charge in [0.1, 0.15) is 0 Å². The van der Waals surface area contributed by atoms with Crippen LogP contribution in [0.4, 0.5) is 0 Å². The summed E-state index contributed by atoms with van der Waals surface area (Å²) in [6.07, 6.45) is 1.24. The molecule has 5 nitrogen and oxygen atoms in total. The van der Waals surface area contributed by atoms with Gasteiger partial charge in [0.2, 0.25) is 0 Å². The van der Waals surface area contributed by atoms with Crippen molar-refractivity contribution in [1.82, 2.24) is 4.72 Å². The lowest BCUT2D eigenvalue weighted by molar-refractivity contribution is 0.445. The highest BCUT2D eigenvalue weighted by Crippen LogP contribution is 2.18. The highest BCUT2D eigenvalue weighted by atomic mass is 32.2. The maximum absolute atomic E-state index is 10.8. The summed E-state index contributed by atoms with van der Waals surface area (Å²) in [6, 6.07) is 8.66. The lowest BCUT2D eigenvalue weighted by Crippen LogP contribution is -2.28. The Balaban J connectivity index is 2.79. The van der Waals surface area contributed by atoms with E-state index in [0.29, 0.717) is 19.4 Å². The lowest BCUT2D eigenvalue weighted by Gasteiger charge is -2.16. The Labute approximate surface area is 95.5 Å². The van der Waals surface area contributed by atoms with Crippen molar-refractivity contribution in [2.45, 2.75) is 18.9 Å². The average Bonchev–Trinajstić information content (AvgIpc) is 2.24. The van der Waals surface area contributed by atoms with Crippen LogP contribution >= 0.6 is 0 Å². The van der Waals surface area contributed by atoms with Gasteiger partial charge >= 0.3 is 10.3 Å². The van der Waals surface area contributed by atoms with Crippen LogP contribution in [-0.4, -0.2) is 19.5 Å². The monoisotopic (exact) mass is 244 g/mol. The van der Waals surface area contributed by atoms with Gasteiger partial charge in [-0.2, -0.15) is 13.1 Å².